The number of ether oxygens (including phenoxy) is 1. The van der Waals surface area contributed by atoms with Crippen molar-refractivity contribution < 1.29 is 4.74 Å². The molecular formula is C16H27N3O. The zero-order valence-corrected chi connectivity index (χ0v) is 12.6. The van der Waals surface area contributed by atoms with Crippen molar-refractivity contribution in [3.05, 3.63) is 18.0 Å². The van der Waals surface area contributed by atoms with E-state index < -0.39 is 0 Å². The van der Waals surface area contributed by atoms with Crippen LogP contribution in [0.2, 0.25) is 0 Å². The van der Waals surface area contributed by atoms with Gasteiger partial charge in [0.1, 0.15) is 0 Å². The van der Waals surface area contributed by atoms with Gasteiger partial charge in [0, 0.05) is 25.9 Å². The van der Waals surface area contributed by atoms with Crippen molar-refractivity contribution in [2.45, 2.75) is 64.1 Å². The first-order valence-electron chi connectivity index (χ1n) is 8.23. The molecule has 1 aliphatic carbocycles. The molecule has 1 N–H and O–H groups in total. The van der Waals surface area contributed by atoms with Gasteiger partial charge in [-0.25, -0.2) is 0 Å². The Morgan fingerprint density at radius 3 is 3.00 bits per heavy atom. The molecule has 1 saturated heterocycles. The Bertz CT molecular complexity index is 412. The van der Waals surface area contributed by atoms with Crippen molar-refractivity contribution in [2.75, 3.05) is 13.2 Å². The van der Waals surface area contributed by atoms with Crippen LogP contribution in [0.25, 0.3) is 0 Å². The number of aromatic nitrogens is 2. The highest BCUT2D eigenvalue weighted by Crippen LogP contribution is 2.28. The smallest absolute Gasteiger partial charge is 0.0762 e. The number of rotatable bonds is 6. The summed E-state index contributed by atoms with van der Waals surface area (Å²) in [4.78, 5) is 0. The van der Waals surface area contributed by atoms with Crippen LogP contribution in [0.3, 0.4) is 0 Å². The van der Waals surface area contributed by atoms with E-state index in [1.54, 1.807) is 0 Å². The van der Waals surface area contributed by atoms with E-state index in [-0.39, 0.29) is 0 Å². The summed E-state index contributed by atoms with van der Waals surface area (Å²) in [6.07, 6.45) is 10.2. The molecule has 4 heteroatoms. The molecule has 1 saturated carbocycles. The Balaban J connectivity index is 1.44. The molecule has 0 spiro atoms. The van der Waals surface area contributed by atoms with E-state index in [1.807, 2.05) is 0 Å². The second kappa shape index (κ2) is 6.72. The average molecular weight is 277 g/mol. The van der Waals surface area contributed by atoms with Gasteiger partial charge >= 0.3 is 0 Å². The number of nitrogens with one attached hydrogen (secondary N) is 1. The molecule has 1 aromatic rings. The second-order valence-corrected chi connectivity index (χ2v) is 6.22. The maximum Gasteiger partial charge on any atom is 0.0762 e. The zero-order valence-electron chi connectivity index (χ0n) is 12.6. The van der Waals surface area contributed by atoms with Crippen LogP contribution in [0.5, 0.6) is 0 Å². The Labute approximate surface area is 121 Å². The largest absolute Gasteiger partial charge is 0.378 e. The molecule has 0 bridgehead atoms. The Morgan fingerprint density at radius 1 is 1.35 bits per heavy atom. The number of hydrogen-bond acceptors (Lipinski definition) is 3. The van der Waals surface area contributed by atoms with Gasteiger partial charge in [-0.05, 0) is 37.7 Å². The monoisotopic (exact) mass is 277 g/mol. The van der Waals surface area contributed by atoms with E-state index in [4.69, 9.17) is 9.84 Å². The molecule has 112 valence electrons. The fourth-order valence-electron chi connectivity index (χ4n) is 3.61. The Kier molecular flexibility index (Phi) is 4.73. The third kappa shape index (κ3) is 3.23. The van der Waals surface area contributed by atoms with Gasteiger partial charge in [0.15, 0.2) is 0 Å². The molecule has 2 heterocycles. The molecule has 1 aromatic heterocycles. The molecule has 2 unspecified atom stereocenters. The molecule has 0 aromatic carbocycles. The van der Waals surface area contributed by atoms with Gasteiger partial charge in [0.2, 0.25) is 0 Å². The number of hydrogen-bond donors (Lipinski definition) is 1. The van der Waals surface area contributed by atoms with Crippen LogP contribution in [0.1, 0.15) is 57.2 Å². The standard InChI is InChI=1S/C16H27N3O/c1-2-16-13(8-10-20-16)11-17-12-14-7-9-19(18-14)15-5-3-4-6-15/h7,9,13,15-17H,2-6,8,10-12H2,1H3. The molecule has 3 rings (SSSR count). The lowest BCUT2D eigenvalue weighted by Crippen LogP contribution is -2.28. The summed E-state index contributed by atoms with van der Waals surface area (Å²) in [7, 11) is 0. The fourth-order valence-corrected chi connectivity index (χ4v) is 3.61. The van der Waals surface area contributed by atoms with Gasteiger partial charge in [-0.2, -0.15) is 5.10 Å². The van der Waals surface area contributed by atoms with Crippen LogP contribution in [-0.4, -0.2) is 29.0 Å². The summed E-state index contributed by atoms with van der Waals surface area (Å²) in [6, 6.07) is 2.81. The van der Waals surface area contributed by atoms with Crippen molar-refractivity contribution >= 4 is 0 Å². The highest BCUT2D eigenvalue weighted by molar-refractivity contribution is 5.00. The number of nitrogens with zero attached hydrogens (tertiary/aromatic N) is 2. The van der Waals surface area contributed by atoms with Crippen LogP contribution >= 0.6 is 0 Å². The van der Waals surface area contributed by atoms with Crippen molar-refractivity contribution in [1.82, 2.24) is 15.1 Å². The third-order valence-corrected chi connectivity index (χ3v) is 4.82. The lowest BCUT2D eigenvalue weighted by molar-refractivity contribution is 0.0872. The molecule has 20 heavy (non-hydrogen) atoms. The molecule has 2 aliphatic rings. The van der Waals surface area contributed by atoms with Crippen LogP contribution in [0.15, 0.2) is 12.3 Å². The second-order valence-electron chi connectivity index (χ2n) is 6.22. The molecular weight excluding hydrogens is 250 g/mol. The summed E-state index contributed by atoms with van der Waals surface area (Å²) in [5.41, 5.74) is 1.17. The van der Waals surface area contributed by atoms with Gasteiger partial charge in [-0.1, -0.05) is 19.8 Å². The lowest BCUT2D eigenvalue weighted by atomic mass is 10.00. The van der Waals surface area contributed by atoms with E-state index in [1.165, 1.54) is 37.8 Å². The van der Waals surface area contributed by atoms with E-state index in [2.05, 4.69) is 29.2 Å². The summed E-state index contributed by atoms with van der Waals surface area (Å²) in [5, 5.41) is 8.27. The predicted octanol–water partition coefficient (Wildman–Crippen LogP) is 2.90. The highest BCUT2D eigenvalue weighted by Gasteiger charge is 2.26. The lowest BCUT2D eigenvalue weighted by Gasteiger charge is -2.16. The van der Waals surface area contributed by atoms with Gasteiger partial charge in [-0.3, -0.25) is 4.68 Å². The first-order chi connectivity index (χ1) is 9.86. The molecule has 0 amide bonds. The third-order valence-electron chi connectivity index (χ3n) is 4.82. The highest BCUT2D eigenvalue weighted by atomic mass is 16.5. The topological polar surface area (TPSA) is 39.1 Å². The van der Waals surface area contributed by atoms with Gasteiger partial charge in [0.05, 0.1) is 17.8 Å². The zero-order chi connectivity index (χ0) is 13.8. The van der Waals surface area contributed by atoms with Crippen LogP contribution in [0, 0.1) is 5.92 Å². The Morgan fingerprint density at radius 2 is 2.20 bits per heavy atom. The average Bonchev–Trinajstić information content (AvgIpc) is 3.20. The molecule has 1 aliphatic heterocycles. The van der Waals surface area contributed by atoms with Gasteiger partial charge in [0.25, 0.3) is 0 Å². The van der Waals surface area contributed by atoms with E-state index in [0.717, 1.165) is 26.1 Å². The van der Waals surface area contributed by atoms with Crippen LogP contribution in [0.4, 0.5) is 0 Å². The molecule has 2 fully saturated rings. The maximum atomic E-state index is 5.73. The summed E-state index contributed by atoms with van der Waals surface area (Å²) < 4.78 is 7.91. The van der Waals surface area contributed by atoms with Crippen molar-refractivity contribution in [2.24, 2.45) is 5.92 Å². The van der Waals surface area contributed by atoms with Crippen molar-refractivity contribution in [1.29, 1.82) is 0 Å². The first-order valence-corrected chi connectivity index (χ1v) is 8.23. The van der Waals surface area contributed by atoms with E-state index in [0.29, 0.717) is 18.1 Å². The fraction of sp³-hybridized carbons (Fsp3) is 0.812. The minimum absolute atomic E-state index is 0.457. The molecule has 2 atom stereocenters. The summed E-state index contributed by atoms with van der Waals surface area (Å²) in [5.74, 6) is 0.678. The Hall–Kier alpha value is -0.870. The summed E-state index contributed by atoms with van der Waals surface area (Å²) >= 11 is 0. The molecule has 0 radical (unpaired) electrons. The van der Waals surface area contributed by atoms with Gasteiger partial charge in [-0.15, -0.1) is 0 Å². The van der Waals surface area contributed by atoms with E-state index in [9.17, 15) is 0 Å². The van der Waals surface area contributed by atoms with Crippen molar-refractivity contribution in [3.63, 3.8) is 0 Å². The van der Waals surface area contributed by atoms with Crippen LogP contribution in [-0.2, 0) is 11.3 Å². The quantitative estimate of drug-likeness (QED) is 0.869. The maximum absolute atomic E-state index is 5.73. The summed E-state index contributed by atoms with van der Waals surface area (Å²) in [6.45, 7) is 5.08. The molecule has 4 nitrogen and oxygen atoms in total. The predicted molar refractivity (Wildman–Crippen MR) is 79.6 cm³/mol. The van der Waals surface area contributed by atoms with Crippen molar-refractivity contribution in [3.8, 4) is 0 Å². The first kappa shape index (κ1) is 14.1. The SMILES string of the molecule is CCC1OCCC1CNCc1ccn(C2CCCC2)n1. The van der Waals surface area contributed by atoms with Crippen LogP contribution < -0.4 is 5.32 Å². The minimum Gasteiger partial charge on any atom is -0.378 e. The normalized spacial score (nSPS) is 27.4. The van der Waals surface area contributed by atoms with Gasteiger partial charge < -0.3 is 10.1 Å². The van der Waals surface area contributed by atoms with E-state index >= 15 is 0 Å². The minimum atomic E-state index is 0.457.